The number of likely N-dealkylation sites (tertiary alicyclic amines) is 1. The number of piperidine rings is 1. The summed E-state index contributed by atoms with van der Waals surface area (Å²) in [5.74, 6) is 1.50. The summed E-state index contributed by atoms with van der Waals surface area (Å²) in [5.41, 5.74) is 1.69. The third-order valence-electron chi connectivity index (χ3n) is 9.82. The third-order valence-corrected chi connectivity index (χ3v) is 9.82. The fraction of sp³-hybridized carbons (Fsp3) is 0.552. The van der Waals surface area contributed by atoms with Crippen LogP contribution in [0.3, 0.4) is 0 Å². The summed E-state index contributed by atoms with van der Waals surface area (Å²) in [6.45, 7) is 1.99. The molecule has 2 bridgehead atoms. The number of amides is 1. The smallest absolute Gasteiger partial charge is 0.227 e. The van der Waals surface area contributed by atoms with Crippen LogP contribution in [0.15, 0.2) is 42.5 Å². The molecule has 2 aromatic rings. The SMILES string of the molecule is CN(C(=O)Cc1ccccc1)C1CC[C@@]2(O)[C@H]3Cc4ccc(O)c5c4[C@@]2(CCN3CC2CC2)C1O5. The van der Waals surface area contributed by atoms with E-state index in [0.717, 1.165) is 43.0 Å². The first-order valence-corrected chi connectivity index (χ1v) is 13.2. The van der Waals surface area contributed by atoms with Gasteiger partial charge in [-0.1, -0.05) is 36.4 Å². The van der Waals surface area contributed by atoms with E-state index in [0.29, 0.717) is 25.0 Å². The van der Waals surface area contributed by atoms with Gasteiger partial charge in [0.05, 0.1) is 23.5 Å². The van der Waals surface area contributed by atoms with Gasteiger partial charge in [-0.15, -0.1) is 0 Å². The Bertz CT molecular complexity index is 1180. The zero-order chi connectivity index (χ0) is 23.9. The van der Waals surface area contributed by atoms with Gasteiger partial charge in [-0.25, -0.2) is 0 Å². The molecule has 6 heteroatoms. The van der Waals surface area contributed by atoms with Crippen molar-refractivity contribution in [3.8, 4) is 11.5 Å². The molecule has 6 nitrogen and oxygen atoms in total. The van der Waals surface area contributed by atoms with Gasteiger partial charge in [0.2, 0.25) is 5.91 Å². The van der Waals surface area contributed by atoms with Gasteiger partial charge in [-0.2, -0.15) is 0 Å². The normalized spacial score (nSPS) is 34.7. The van der Waals surface area contributed by atoms with Crippen LogP contribution in [0, 0.1) is 5.92 Å². The van der Waals surface area contributed by atoms with E-state index in [4.69, 9.17) is 4.74 Å². The molecule has 7 rings (SSSR count). The van der Waals surface area contributed by atoms with E-state index in [9.17, 15) is 15.0 Å². The summed E-state index contributed by atoms with van der Waals surface area (Å²) >= 11 is 0. The molecule has 1 saturated heterocycles. The number of benzene rings is 2. The lowest BCUT2D eigenvalue weighted by atomic mass is 9.48. The van der Waals surface area contributed by atoms with Gasteiger partial charge < -0.3 is 19.8 Å². The van der Waals surface area contributed by atoms with Crippen molar-refractivity contribution in [3.63, 3.8) is 0 Å². The van der Waals surface area contributed by atoms with Gasteiger partial charge in [-0.05, 0) is 68.2 Å². The second kappa shape index (κ2) is 7.47. The number of phenols is 1. The zero-order valence-electron chi connectivity index (χ0n) is 20.3. The van der Waals surface area contributed by atoms with E-state index < -0.39 is 11.0 Å². The van der Waals surface area contributed by atoms with E-state index in [1.807, 2.05) is 48.3 Å². The lowest BCUT2D eigenvalue weighted by molar-refractivity contribution is -0.200. The number of likely N-dealkylation sites (N-methyl/N-ethyl adjacent to an activating group) is 1. The fourth-order valence-electron chi connectivity index (χ4n) is 7.93. The van der Waals surface area contributed by atoms with Crippen molar-refractivity contribution in [2.75, 3.05) is 20.1 Å². The van der Waals surface area contributed by atoms with Gasteiger partial charge in [0.1, 0.15) is 6.10 Å². The highest BCUT2D eigenvalue weighted by Gasteiger charge is 2.73. The summed E-state index contributed by atoms with van der Waals surface area (Å²) in [5, 5.41) is 23.4. The standard InChI is InChI=1S/C29H34N2O4/c1-30(24(33)15-18-5-3-2-4-6-18)21-11-12-29(34)23-16-20-9-10-22(32)26-25(20)28(29,27(21)35-26)13-14-31(23)17-19-7-8-19/h2-6,9-10,19,21,23,27,32,34H,7-8,11-17H2,1H3/t21?,23-,27?,28+,29-/m1/s1. The zero-order valence-corrected chi connectivity index (χ0v) is 20.3. The summed E-state index contributed by atoms with van der Waals surface area (Å²) in [4.78, 5) is 17.8. The molecule has 5 atom stereocenters. The van der Waals surface area contributed by atoms with Crippen LogP contribution in [-0.4, -0.2) is 69.8 Å². The number of phenolic OH excluding ortho intramolecular Hbond substituents is 1. The Morgan fingerprint density at radius 1 is 1.14 bits per heavy atom. The fourth-order valence-corrected chi connectivity index (χ4v) is 7.93. The van der Waals surface area contributed by atoms with Gasteiger partial charge in [-0.3, -0.25) is 9.69 Å². The van der Waals surface area contributed by atoms with Crippen molar-refractivity contribution in [2.45, 2.75) is 74.1 Å². The van der Waals surface area contributed by atoms with Crippen molar-refractivity contribution in [1.82, 2.24) is 9.80 Å². The van der Waals surface area contributed by atoms with Crippen LogP contribution in [0.25, 0.3) is 0 Å². The Labute approximate surface area is 206 Å². The quantitative estimate of drug-likeness (QED) is 0.697. The molecule has 2 aromatic carbocycles. The molecule has 3 fully saturated rings. The Hall–Kier alpha value is -2.57. The average molecular weight is 475 g/mol. The first-order chi connectivity index (χ1) is 16.9. The molecule has 1 spiro atoms. The topological polar surface area (TPSA) is 73.2 Å². The Balaban J connectivity index is 1.28. The number of carbonyl (C=O) groups is 1. The Morgan fingerprint density at radius 2 is 1.94 bits per heavy atom. The molecule has 2 heterocycles. The van der Waals surface area contributed by atoms with E-state index in [-0.39, 0.29) is 29.8 Å². The molecule has 2 aliphatic heterocycles. The first-order valence-electron chi connectivity index (χ1n) is 13.2. The van der Waals surface area contributed by atoms with Crippen molar-refractivity contribution in [2.24, 2.45) is 5.92 Å². The number of ether oxygens (including phenoxy) is 1. The number of rotatable bonds is 5. The lowest BCUT2D eigenvalue weighted by Gasteiger charge is -2.64. The molecular weight excluding hydrogens is 440 g/mol. The maximum atomic E-state index is 13.4. The molecular formula is C29H34N2O4. The first kappa shape index (κ1) is 21.7. The number of carbonyl (C=O) groups excluding carboxylic acids is 1. The predicted octanol–water partition coefficient (Wildman–Crippen LogP) is 3.03. The van der Waals surface area contributed by atoms with Crippen LogP contribution < -0.4 is 4.74 Å². The Morgan fingerprint density at radius 3 is 2.71 bits per heavy atom. The van der Waals surface area contributed by atoms with Crippen LogP contribution in [0.1, 0.15) is 48.8 Å². The second-order valence-corrected chi connectivity index (χ2v) is 11.6. The minimum absolute atomic E-state index is 0.0530. The molecule has 184 valence electrons. The van der Waals surface area contributed by atoms with Gasteiger partial charge >= 0.3 is 0 Å². The number of hydrogen-bond acceptors (Lipinski definition) is 5. The largest absolute Gasteiger partial charge is 0.504 e. The van der Waals surface area contributed by atoms with E-state index in [2.05, 4.69) is 4.90 Å². The number of aromatic hydroxyl groups is 1. The average Bonchev–Trinajstić information content (AvgIpc) is 3.60. The molecule has 5 aliphatic rings. The van der Waals surface area contributed by atoms with Gasteiger partial charge in [0.15, 0.2) is 11.5 Å². The second-order valence-electron chi connectivity index (χ2n) is 11.6. The molecule has 2 saturated carbocycles. The monoisotopic (exact) mass is 474 g/mol. The van der Waals surface area contributed by atoms with Crippen LogP contribution >= 0.6 is 0 Å². The number of aliphatic hydroxyl groups is 1. The van der Waals surface area contributed by atoms with Gasteiger partial charge in [0, 0.05) is 25.2 Å². The van der Waals surface area contributed by atoms with E-state index in [1.54, 1.807) is 6.07 Å². The lowest BCUT2D eigenvalue weighted by Crippen LogP contribution is -2.78. The maximum absolute atomic E-state index is 13.4. The molecule has 35 heavy (non-hydrogen) atoms. The predicted molar refractivity (Wildman–Crippen MR) is 131 cm³/mol. The van der Waals surface area contributed by atoms with Crippen LogP contribution in [-0.2, 0) is 23.1 Å². The summed E-state index contributed by atoms with van der Waals surface area (Å²) in [6.07, 6.45) is 5.49. The van der Waals surface area contributed by atoms with Crippen molar-refractivity contribution >= 4 is 5.91 Å². The van der Waals surface area contributed by atoms with Crippen LogP contribution in [0.2, 0.25) is 0 Å². The molecule has 0 radical (unpaired) electrons. The van der Waals surface area contributed by atoms with Crippen molar-refractivity contribution < 1.29 is 19.7 Å². The summed E-state index contributed by atoms with van der Waals surface area (Å²) in [7, 11) is 1.88. The highest BCUT2D eigenvalue weighted by molar-refractivity contribution is 5.79. The number of nitrogens with zero attached hydrogens (tertiary/aromatic N) is 2. The minimum Gasteiger partial charge on any atom is -0.504 e. The highest BCUT2D eigenvalue weighted by atomic mass is 16.5. The highest BCUT2D eigenvalue weighted by Crippen LogP contribution is 2.66. The third kappa shape index (κ3) is 2.93. The van der Waals surface area contributed by atoms with E-state index >= 15 is 0 Å². The van der Waals surface area contributed by atoms with Crippen LogP contribution in [0.4, 0.5) is 0 Å². The van der Waals surface area contributed by atoms with Crippen molar-refractivity contribution in [3.05, 3.63) is 59.2 Å². The van der Waals surface area contributed by atoms with Crippen LogP contribution in [0.5, 0.6) is 11.5 Å². The van der Waals surface area contributed by atoms with Crippen molar-refractivity contribution in [1.29, 1.82) is 0 Å². The molecule has 2 unspecified atom stereocenters. The van der Waals surface area contributed by atoms with E-state index in [1.165, 1.54) is 18.4 Å². The molecule has 2 N–H and O–H groups in total. The molecule has 0 aromatic heterocycles. The Kier molecular flexibility index (Phi) is 4.63. The number of hydrogen-bond donors (Lipinski definition) is 2. The van der Waals surface area contributed by atoms with Gasteiger partial charge in [0.25, 0.3) is 0 Å². The maximum Gasteiger partial charge on any atom is 0.227 e. The molecule has 1 amide bonds. The summed E-state index contributed by atoms with van der Waals surface area (Å²) < 4.78 is 6.61. The minimum atomic E-state index is -0.920. The molecule has 3 aliphatic carbocycles. The summed E-state index contributed by atoms with van der Waals surface area (Å²) in [6, 6.07) is 13.5.